The van der Waals surface area contributed by atoms with E-state index in [2.05, 4.69) is 9.72 Å². The number of fused-ring (bicyclic) bond motifs is 1. The summed E-state index contributed by atoms with van der Waals surface area (Å²) in [5, 5.41) is -0.127. The number of carbonyl (C=O) groups excluding carboxylic acids is 1. The lowest BCUT2D eigenvalue weighted by Crippen LogP contribution is -2.40. The molecule has 0 saturated carbocycles. The summed E-state index contributed by atoms with van der Waals surface area (Å²) in [5.74, 6) is -0.231. The van der Waals surface area contributed by atoms with Gasteiger partial charge < -0.3 is 9.47 Å². The third kappa shape index (κ3) is 4.04. The van der Waals surface area contributed by atoms with Crippen molar-refractivity contribution < 1.29 is 27.4 Å². The van der Waals surface area contributed by atoms with Crippen LogP contribution in [0.2, 0.25) is 0 Å². The Morgan fingerprint density at radius 2 is 1.90 bits per heavy atom. The van der Waals surface area contributed by atoms with Crippen LogP contribution in [-0.4, -0.2) is 33.8 Å². The molecular weight excluding hydrogens is 407 g/mol. The van der Waals surface area contributed by atoms with Gasteiger partial charge in [-0.2, -0.15) is 13.2 Å². The van der Waals surface area contributed by atoms with Crippen LogP contribution in [0.3, 0.4) is 0 Å². The van der Waals surface area contributed by atoms with Crippen LogP contribution in [0.5, 0.6) is 5.75 Å². The molecule has 0 atom stereocenters. The second-order valence-corrected chi connectivity index (χ2v) is 6.23. The topological polar surface area (TPSA) is 92.4 Å². The van der Waals surface area contributed by atoms with E-state index in [4.69, 9.17) is 4.74 Å². The first kappa shape index (κ1) is 21.1. The molecule has 0 amide bonds. The van der Waals surface area contributed by atoms with E-state index in [9.17, 15) is 27.6 Å². The number of benzene rings is 1. The summed E-state index contributed by atoms with van der Waals surface area (Å²) in [6.07, 6.45) is -4.70. The Bertz CT molecular complexity index is 1230. The maximum atomic E-state index is 12.9. The number of pyridine rings is 1. The fourth-order valence-electron chi connectivity index (χ4n) is 2.82. The van der Waals surface area contributed by atoms with Crippen molar-refractivity contribution in [3.8, 4) is 5.75 Å². The summed E-state index contributed by atoms with van der Waals surface area (Å²) < 4.78 is 50.5. The number of alkyl halides is 3. The van der Waals surface area contributed by atoms with Gasteiger partial charge in [0.15, 0.2) is 0 Å². The molecule has 1 aromatic carbocycles. The second-order valence-electron chi connectivity index (χ2n) is 6.23. The van der Waals surface area contributed by atoms with Gasteiger partial charge in [0.1, 0.15) is 23.7 Å². The van der Waals surface area contributed by atoms with E-state index in [0.717, 1.165) is 15.2 Å². The van der Waals surface area contributed by atoms with Gasteiger partial charge in [0.05, 0.1) is 24.6 Å². The SMILES string of the molecule is COC(=O)c1cccc(OCCn2c(=O)c3ccc(C(F)(F)F)nc3n(C)c2=O)c1. The number of esters is 1. The summed E-state index contributed by atoms with van der Waals surface area (Å²) in [7, 11) is 2.47. The summed E-state index contributed by atoms with van der Waals surface area (Å²) in [6.45, 7) is -0.260. The molecule has 3 aromatic rings. The van der Waals surface area contributed by atoms with Gasteiger partial charge >= 0.3 is 17.8 Å². The highest BCUT2D eigenvalue weighted by molar-refractivity contribution is 5.89. The van der Waals surface area contributed by atoms with Gasteiger partial charge in [-0.05, 0) is 30.3 Å². The van der Waals surface area contributed by atoms with Crippen LogP contribution in [0.15, 0.2) is 46.0 Å². The molecule has 0 saturated heterocycles. The first-order chi connectivity index (χ1) is 14.1. The lowest BCUT2D eigenvalue weighted by Gasteiger charge is -2.13. The number of aromatic nitrogens is 3. The molecule has 0 fully saturated rings. The number of ether oxygens (including phenoxy) is 2. The van der Waals surface area contributed by atoms with Gasteiger partial charge in [-0.3, -0.25) is 13.9 Å². The highest BCUT2D eigenvalue weighted by Gasteiger charge is 2.33. The number of hydrogen-bond acceptors (Lipinski definition) is 6. The fourth-order valence-corrected chi connectivity index (χ4v) is 2.82. The molecule has 3 rings (SSSR count). The molecule has 0 radical (unpaired) electrons. The van der Waals surface area contributed by atoms with Gasteiger partial charge in [0.25, 0.3) is 5.56 Å². The van der Waals surface area contributed by atoms with Crippen molar-refractivity contribution in [1.29, 1.82) is 0 Å². The number of nitrogens with zero attached hydrogens (tertiary/aromatic N) is 3. The van der Waals surface area contributed by atoms with Crippen LogP contribution in [-0.2, 0) is 24.5 Å². The fraction of sp³-hybridized carbons (Fsp3) is 0.263. The molecule has 0 aliphatic rings. The Kier molecular flexibility index (Phi) is 5.63. The minimum atomic E-state index is -4.70. The Labute approximate surface area is 167 Å². The Hall–Kier alpha value is -3.63. The Morgan fingerprint density at radius 1 is 1.17 bits per heavy atom. The number of rotatable bonds is 5. The molecular formula is C19H16F3N3O5. The summed E-state index contributed by atoms with van der Waals surface area (Å²) in [5.41, 5.74) is -2.90. The van der Waals surface area contributed by atoms with Crippen LogP contribution in [0.25, 0.3) is 11.0 Å². The van der Waals surface area contributed by atoms with Gasteiger partial charge in [-0.25, -0.2) is 14.6 Å². The van der Waals surface area contributed by atoms with E-state index in [0.29, 0.717) is 11.8 Å². The van der Waals surface area contributed by atoms with E-state index < -0.39 is 29.1 Å². The van der Waals surface area contributed by atoms with Crippen molar-refractivity contribution in [2.75, 3.05) is 13.7 Å². The number of methoxy groups -OCH3 is 1. The third-order valence-corrected chi connectivity index (χ3v) is 4.32. The van der Waals surface area contributed by atoms with Crippen LogP contribution in [0.1, 0.15) is 16.1 Å². The average Bonchev–Trinajstić information content (AvgIpc) is 2.73. The molecule has 2 heterocycles. The number of carbonyl (C=O) groups is 1. The predicted molar refractivity (Wildman–Crippen MR) is 99.5 cm³/mol. The zero-order chi connectivity index (χ0) is 22.1. The number of halogens is 3. The summed E-state index contributed by atoms with van der Waals surface area (Å²) >= 11 is 0. The molecule has 0 N–H and O–H groups in total. The molecule has 8 nitrogen and oxygen atoms in total. The Balaban J connectivity index is 1.88. The first-order valence-corrected chi connectivity index (χ1v) is 8.62. The first-order valence-electron chi connectivity index (χ1n) is 8.62. The van der Waals surface area contributed by atoms with Crippen molar-refractivity contribution >= 4 is 17.0 Å². The largest absolute Gasteiger partial charge is 0.492 e. The quantitative estimate of drug-likeness (QED) is 0.583. The van der Waals surface area contributed by atoms with E-state index in [1.807, 2.05) is 0 Å². The molecule has 0 aliphatic carbocycles. The normalized spacial score (nSPS) is 11.5. The average molecular weight is 423 g/mol. The van der Waals surface area contributed by atoms with Crippen LogP contribution >= 0.6 is 0 Å². The zero-order valence-corrected chi connectivity index (χ0v) is 15.9. The second kappa shape index (κ2) is 8.01. The standard InChI is InChI=1S/C19H16F3N3O5/c1-24-15-13(6-7-14(23-15)19(20,21)22)16(26)25(18(24)28)8-9-30-12-5-3-4-11(10-12)17(27)29-2/h3-7,10H,8-9H2,1-2H3. The van der Waals surface area contributed by atoms with Gasteiger partial charge in [0, 0.05) is 7.05 Å². The molecule has 0 spiro atoms. The highest BCUT2D eigenvalue weighted by atomic mass is 19.4. The van der Waals surface area contributed by atoms with Crippen molar-refractivity contribution in [1.82, 2.24) is 14.1 Å². The molecule has 30 heavy (non-hydrogen) atoms. The number of hydrogen-bond donors (Lipinski definition) is 0. The van der Waals surface area contributed by atoms with Crippen molar-refractivity contribution in [3.05, 3.63) is 68.5 Å². The maximum absolute atomic E-state index is 12.9. The van der Waals surface area contributed by atoms with Crippen LogP contribution in [0, 0.1) is 0 Å². The van der Waals surface area contributed by atoms with Gasteiger partial charge in [-0.1, -0.05) is 6.07 Å². The van der Waals surface area contributed by atoms with E-state index in [-0.39, 0.29) is 29.7 Å². The van der Waals surface area contributed by atoms with E-state index in [1.165, 1.54) is 26.3 Å². The highest BCUT2D eigenvalue weighted by Crippen LogP contribution is 2.28. The summed E-state index contributed by atoms with van der Waals surface area (Å²) in [4.78, 5) is 40.1. The van der Waals surface area contributed by atoms with Crippen LogP contribution < -0.4 is 16.0 Å². The smallest absolute Gasteiger partial charge is 0.433 e. The van der Waals surface area contributed by atoms with Crippen molar-refractivity contribution in [2.24, 2.45) is 7.05 Å². The zero-order valence-electron chi connectivity index (χ0n) is 15.9. The Morgan fingerprint density at radius 3 is 2.57 bits per heavy atom. The van der Waals surface area contributed by atoms with E-state index in [1.54, 1.807) is 12.1 Å². The van der Waals surface area contributed by atoms with E-state index >= 15 is 0 Å². The molecule has 2 aromatic heterocycles. The van der Waals surface area contributed by atoms with Gasteiger partial charge in [0.2, 0.25) is 0 Å². The minimum Gasteiger partial charge on any atom is -0.492 e. The molecule has 11 heteroatoms. The molecule has 0 unspecified atom stereocenters. The predicted octanol–water partition coefficient (Wildman–Crippen LogP) is 1.98. The molecule has 158 valence electrons. The van der Waals surface area contributed by atoms with Crippen molar-refractivity contribution in [2.45, 2.75) is 12.7 Å². The monoisotopic (exact) mass is 423 g/mol. The third-order valence-electron chi connectivity index (χ3n) is 4.32. The maximum Gasteiger partial charge on any atom is 0.433 e. The number of aryl methyl sites for hydroxylation is 1. The minimum absolute atomic E-state index is 0.0979. The van der Waals surface area contributed by atoms with Crippen molar-refractivity contribution in [3.63, 3.8) is 0 Å². The molecule has 0 bridgehead atoms. The summed E-state index contributed by atoms with van der Waals surface area (Å²) in [6, 6.07) is 7.81. The van der Waals surface area contributed by atoms with Crippen LogP contribution in [0.4, 0.5) is 13.2 Å². The van der Waals surface area contributed by atoms with Gasteiger partial charge in [-0.15, -0.1) is 0 Å². The molecule has 0 aliphatic heterocycles. The lowest BCUT2D eigenvalue weighted by atomic mass is 10.2. The lowest BCUT2D eigenvalue weighted by molar-refractivity contribution is -0.141.